The van der Waals surface area contributed by atoms with Crippen LogP contribution in [0.5, 0.6) is 0 Å². The third-order valence-electron chi connectivity index (χ3n) is 4.20. The molecule has 2 rings (SSSR count). The number of carbonyl (C=O) groups is 1. The van der Waals surface area contributed by atoms with Crippen molar-refractivity contribution in [3.8, 4) is 6.07 Å². The number of carbonyl (C=O) groups excluding carboxylic acids is 1. The van der Waals surface area contributed by atoms with Gasteiger partial charge in [0.25, 0.3) is 0 Å². The zero-order valence-electron chi connectivity index (χ0n) is 12.3. The smallest absolute Gasteiger partial charge is 0.226 e. The number of hydrogen-bond acceptors (Lipinski definition) is 2. The second kappa shape index (κ2) is 6.56. The molecule has 0 saturated heterocycles. The topological polar surface area (TPSA) is 44.1 Å². The molecule has 0 heterocycles. The fourth-order valence-corrected chi connectivity index (χ4v) is 2.90. The third kappa shape index (κ3) is 3.19. The highest BCUT2D eigenvalue weighted by atomic mass is 16.2. The second-order valence-electron chi connectivity index (χ2n) is 5.73. The Morgan fingerprint density at radius 3 is 2.40 bits per heavy atom. The molecule has 0 N–H and O–H groups in total. The van der Waals surface area contributed by atoms with E-state index in [1.165, 1.54) is 6.42 Å². The van der Waals surface area contributed by atoms with Crippen LogP contribution in [0, 0.1) is 24.2 Å². The van der Waals surface area contributed by atoms with Gasteiger partial charge in [0.05, 0.1) is 6.07 Å². The van der Waals surface area contributed by atoms with Gasteiger partial charge in [-0.05, 0) is 25.3 Å². The van der Waals surface area contributed by atoms with Gasteiger partial charge in [-0.25, -0.2) is 0 Å². The van der Waals surface area contributed by atoms with E-state index in [1.807, 2.05) is 31.2 Å². The van der Waals surface area contributed by atoms with E-state index >= 15 is 0 Å². The molecule has 1 atom stereocenters. The molecule has 1 unspecified atom stereocenters. The molecule has 3 heteroatoms. The molecule has 1 amide bonds. The van der Waals surface area contributed by atoms with E-state index in [-0.39, 0.29) is 11.8 Å². The van der Waals surface area contributed by atoms with Gasteiger partial charge in [-0.1, -0.05) is 49.1 Å². The number of benzene rings is 1. The van der Waals surface area contributed by atoms with Crippen LogP contribution in [-0.4, -0.2) is 17.9 Å². The van der Waals surface area contributed by atoms with Crippen LogP contribution < -0.4 is 0 Å². The van der Waals surface area contributed by atoms with Crippen molar-refractivity contribution in [2.45, 2.75) is 45.1 Å². The van der Waals surface area contributed by atoms with Crippen LogP contribution in [0.3, 0.4) is 0 Å². The summed E-state index contributed by atoms with van der Waals surface area (Å²) in [6, 6.07) is 9.63. The fourth-order valence-electron chi connectivity index (χ4n) is 2.90. The van der Waals surface area contributed by atoms with Crippen molar-refractivity contribution in [1.82, 2.24) is 4.90 Å². The molecule has 0 radical (unpaired) electrons. The minimum absolute atomic E-state index is 0.107. The lowest BCUT2D eigenvalue weighted by molar-refractivity contribution is -0.136. The fraction of sp³-hybridized carbons (Fsp3) is 0.529. The minimum atomic E-state index is -0.481. The first-order chi connectivity index (χ1) is 9.63. The van der Waals surface area contributed by atoms with E-state index in [4.69, 9.17) is 0 Å². The molecule has 1 fully saturated rings. The minimum Gasteiger partial charge on any atom is -0.326 e. The molecule has 1 aromatic rings. The normalized spacial score (nSPS) is 17.2. The molecule has 1 aliphatic carbocycles. The van der Waals surface area contributed by atoms with Crippen molar-refractivity contribution >= 4 is 5.91 Å². The van der Waals surface area contributed by atoms with Gasteiger partial charge in [-0.3, -0.25) is 4.79 Å². The zero-order valence-corrected chi connectivity index (χ0v) is 12.3. The summed E-state index contributed by atoms with van der Waals surface area (Å²) in [7, 11) is 1.75. The highest BCUT2D eigenvalue weighted by Gasteiger charge is 2.28. The molecule has 1 saturated carbocycles. The average Bonchev–Trinajstić information content (AvgIpc) is 2.50. The summed E-state index contributed by atoms with van der Waals surface area (Å²) < 4.78 is 0. The van der Waals surface area contributed by atoms with E-state index in [2.05, 4.69) is 6.07 Å². The Balaban J connectivity index is 2.12. The average molecular weight is 270 g/mol. The first-order valence-corrected chi connectivity index (χ1v) is 7.36. The van der Waals surface area contributed by atoms with Crippen molar-refractivity contribution in [2.24, 2.45) is 5.92 Å². The van der Waals surface area contributed by atoms with Gasteiger partial charge in [0.1, 0.15) is 6.04 Å². The van der Waals surface area contributed by atoms with E-state index in [0.29, 0.717) is 0 Å². The van der Waals surface area contributed by atoms with Gasteiger partial charge >= 0.3 is 0 Å². The lowest BCUT2D eigenvalue weighted by Crippen LogP contribution is -2.36. The van der Waals surface area contributed by atoms with Crippen molar-refractivity contribution in [1.29, 1.82) is 5.26 Å². The maximum absolute atomic E-state index is 12.5. The van der Waals surface area contributed by atoms with Gasteiger partial charge in [-0.15, -0.1) is 0 Å². The van der Waals surface area contributed by atoms with E-state index in [9.17, 15) is 10.1 Å². The van der Waals surface area contributed by atoms with E-state index < -0.39 is 6.04 Å². The summed E-state index contributed by atoms with van der Waals surface area (Å²) in [5.41, 5.74) is 2.05. The van der Waals surface area contributed by atoms with Crippen molar-refractivity contribution in [3.05, 3.63) is 35.4 Å². The zero-order chi connectivity index (χ0) is 14.5. The van der Waals surface area contributed by atoms with Crippen LogP contribution in [0.25, 0.3) is 0 Å². The SMILES string of the molecule is Cc1ccc(C(C#N)N(C)C(=O)C2CCCCC2)cc1. The Labute approximate surface area is 121 Å². The number of nitriles is 1. The first kappa shape index (κ1) is 14.6. The summed E-state index contributed by atoms with van der Waals surface area (Å²) in [4.78, 5) is 14.1. The predicted molar refractivity (Wildman–Crippen MR) is 78.9 cm³/mol. The Bertz CT molecular complexity index is 495. The van der Waals surface area contributed by atoms with Crippen molar-refractivity contribution in [3.63, 3.8) is 0 Å². The van der Waals surface area contributed by atoms with Crippen molar-refractivity contribution < 1.29 is 4.79 Å². The highest BCUT2D eigenvalue weighted by molar-refractivity contribution is 5.79. The van der Waals surface area contributed by atoms with Gasteiger partial charge in [-0.2, -0.15) is 5.26 Å². The summed E-state index contributed by atoms with van der Waals surface area (Å²) in [5, 5.41) is 9.42. The molecule has 3 nitrogen and oxygen atoms in total. The number of hydrogen-bond donors (Lipinski definition) is 0. The quantitative estimate of drug-likeness (QED) is 0.842. The predicted octanol–water partition coefficient (Wildman–Crippen LogP) is 3.60. The largest absolute Gasteiger partial charge is 0.326 e. The molecule has 0 aliphatic heterocycles. The number of nitrogens with zero attached hydrogens (tertiary/aromatic N) is 2. The molecule has 0 bridgehead atoms. The number of amides is 1. The summed E-state index contributed by atoms with van der Waals surface area (Å²) in [6.45, 7) is 2.02. The van der Waals surface area contributed by atoms with E-state index in [0.717, 1.165) is 36.8 Å². The Hall–Kier alpha value is -1.82. The monoisotopic (exact) mass is 270 g/mol. The highest BCUT2D eigenvalue weighted by Crippen LogP contribution is 2.28. The molecule has 0 spiro atoms. The van der Waals surface area contributed by atoms with E-state index in [1.54, 1.807) is 11.9 Å². The molecule has 0 aromatic heterocycles. The van der Waals surface area contributed by atoms with Crippen molar-refractivity contribution in [2.75, 3.05) is 7.05 Å². The maximum Gasteiger partial charge on any atom is 0.226 e. The summed E-state index contributed by atoms with van der Waals surface area (Å²) in [5.74, 6) is 0.229. The van der Waals surface area contributed by atoms with Crippen LogP contribution in [-0.2, 0) is 4.79 Å². The number of rotatable bonds is 3. The Morgan fingerprint density at radius 1 is 1.25 bits per heavy atom. The molecule has 1 aliphatic rings. The Morgan fingerprint density at radius 2 is 1.85 bits per heavy atom. The summed E-state index contributed by atoms with van der Waals surface area (Å²) in [6.07, 6.45) is 5.43. The lowest BCUT2D eigenvalue weighted by Gasteiger charge is -2.29. The Kier molecular flexibility index (Phi) is 4.79. The molecular weight excluding hydrogens is 248 g/mol. The van der Waals surface area contributed by atoms with Crippen LogP contribution in [0.2, 0.25) is 0 Å². The van der Waals surface area contributed by atoms with Gasteiger partial charge in [0.2, 0.25) is 5.91 Å². The molecule has 20 heavy (non-hydrogen) atoms. The lowest BCUT2D eigenvalue weighted by atomic mass is 9.88. The molecule has 1 aromatic carbocycles. The van der Waals surface area contributed by atoms with Crippen LogP contribution in [0.1, 0.15) is 49.3 Å². The maximum atomic E-state index is 12.5. The molecular formula is C17H22N2O. The third-order valence-corrected chi connectivity index (χ3v) is 4.20. The van der Waals surface area contributed by atoms with Crippen LogP contribution >= 0.6 is 0 Å². The van der Waals surface area contributed by atoms with Gasteiger partial charge in [0.15, 0.2) is 0 Å². The number of aryl methyl sites for hydroxylation is 1. The van der Waals surface area contributed by atoms with Gasteiger partial charge in [0, 0.05) is 13.0 Å². The standard InChI is InChI=1S/C17H22N2O/c1-13-8-10-14(11-9-13)16(12-18)19(2)17(20)15-6-4-3-5-7-15/h8-11,15-16H,3-7H2,1-2H3. The van der Waals surface area contributed by atoms with Crippen LogP contribution in [0.15, 0.2) is 24.3 Å². The van der Waals surface area contributed by atoms with Gasteiger partial charge < -0.3 is 4.90 Å². The summed E-state index contributed by atoms with van der Waals surface area (Å²) >= 11 is 0. The van der Waals surface area contributed by atoms with Crippen LogP contribution in [0.4, 0.5) is 0 Å². The molecule has 106 valence electrons. The second-order valence-corrected chi connectivity index (χ2v) is 5.73. The first-order valence-electron chi connectivity index (χ1n) is 7.36.